The van der Waals surface area contributed by atoms with Gasteiger partial charge in [-0.2, -0.15) is 0 Å². The first kappa shape index (κ1) is 13.0. The van der Waals surface area contributed by atoms with E-state index >= 15 is 0 Å². The van der Waals surface area contributed by atoms with Gasteiger partial charge in [0.2, 0.25) is 0 Å². The van der Waals surface area contributed by atoms with E-state index in [1.165, 1.54) is 0 Å². The summed E-state index contributed by atoms with van der Waals surface area (Å²) in [5.74, 6) is 0.991. The number of hydrogen-bond acceptors (Lipinski definition) is 4. The van der Waals surface area contributed by atoms with Crippen LogP contribution < -0.4 is 11.1 Å². The molecule has 3 N–H and O–H groups in total. The van der Waals surface area contributed by atoms with E-state index in [0.29, 0.717) is 6.54 Å². The molecule has 2 aliphatic rings. The maximum Gasteiger partial charge on any atom is 0.166 e. The van der Waals surface area contributed by atoms with Gasteiger partial charge in [-0.3, -0.25) is 9.69 Å². The fraction of sp³-hybridized carbons (Fsp3) is 0.923. The summed E-state index contributed by atoms with van der Waals surface area (Å²) in [6.07, 6.45) is 3.95. The van der Waals surface area contributed by atoms with Crippen molar-refractivity contribution in [2.75, 3.05) is 32.7 Å². The van der Waals surface area contributed by atoms with Crippen LogP contribution in [0, 0.1) is 5.92 Å². The average molecular weight is 239 g/mol. The minimum Gasteiger partial charge on any atom is -0.319 e. The van der Waals surface area contributed by atoms with E-state index in [1.807, 2.05) is 0 Å². The maximum absolute atomic E-state index is 12.3. The van der Waals surface area contributed by atoms with Crippen LogP contribution in [0.2, 0.25) is 0 Å². The number of carbonyl (C=O) groups excluding carboxylic acids is 1. The molecule has 98 valence electrons. The van der Waals surface area contributed by atoms with Gasteiger partial charge in [0.25, 0.3) is 0 Å². The molecule has 17 heavy (non-hydrogen) atoms. The molecule has 0 aromatic carbocycles. The van der Waals surface area contributed by atoms with Gasteiger partial charge < -0.3 is 11.1 Å². The summed E-state index contributed by atoms with van der Waals surface area (Å²) < 4.78 is 0. The Morgan fingerprint density at radius 1 is 1.35 bits per heavy atom. The highest BCUT2D eigenvalue weighted by molar-refractivity contribution is 5.90. The van der Waals surface area contributed by atoms with Crippen molar-refractivity contribution in [3.05, 3.63) is 0 Å². The van der Waals surface area contributed by atoms with Gasteiger partial charge in [-0.15, -0.1) is 0 Å². The van der Waals surface area contributed by atoms with Crippen LogP contribution in [0.5, 0.6) is 0 Å². The zero-order valence-electron chi connectivity index (χ0n) is 10.9. The number of Topliss-reactive ketones (excluding diaryl/α,β-unsaturated/α-hetero) is 1. The first-order valence-electron chi connectivity index (χ1n) is 6.85. The third kappa shape index (κ3) is 3.27. The highest BCUT2D eigenvalue weighted by Crippen LogP contribution is 2.30. The van der Waals surface area contributed by atoms with Crippen LogP contribution in [0.1, 0.15) is 32.6 Å². The monoisotopic (exact) mass is 239 g/mol. The predicted octanol–water partition coefficient (Wildman–Crippen LogP) is 0.368. The van der Waals surface area contributed by atoms with Crippen molar-refractivity contribution in [3.8, 4) is 0 Å². The van der Waals surface area contributed by atoms with Crippen molar-refractivity contribution in [2.45, 2.75) is 38.1 Å². The van der Waals surface area contributed by atoms with Gasteiger partial charge in [-0.25, -0.2) is 0 Å². The van der Waals surface area contributed by atoms with Gasteiger partial charge in [-0.05, 0) is 31.6 Å². The third-order valence-electron chi connectivity index (χ3n) is 4.30. The second kappa shape index (κ2) is 5.46. The molecule has 0 aromatic heterocycles. The van der Waals surface area contributed by atoms with Crippen molar-refractivity contribution >= 4 is 5.78 Å². The van der Waals surface area contributed by atoms with Gasteiger partial charge in [-0.1, -0.05) is 6.92 Å². The van der Waals surface area contributed by atoms with E-state index < -0.39 is 5.54 Å². The minimum atomic E-state index is -0.530. The van der Waals surface area contributed by atoms with Crippen LogP contribution in [-0.2, 0) is 4.79 Å². The molecule has 1 saturated heterocycles. The topological polar surface area (TPSA) is 58.4 Å². The van der Waals surface area contributed by atoms with Crippen molar-refractivity contribution in [1.82, 2.24) is 10.2 Å². The van der Waals surface area contributed by atoms with Gasteiger partial charge in [0, 0.05) is 26.2 Å². The molecule has 1 aliphatic carbocycles. The first-order chi connectivity index (χ1) is 8.10. The lowest BCUT2D eigenvalue weighted by Crippen LogP contribution is -2.55. The molecule has 4 nitrogen and oxygen atoms in total. The summed E-state index contributed by atoms with van der Waals surface area (Å²) in [5, 5.41) is 3.30. The lowest BCUT2D eigenvalue weighted by molar-refractivity contribution is -0.126. The Morgan fingerprint density at radius 3 is 2.53 bits per heavy atom. The van der Waals surface area contributed by atoms with Gasteiger partial charge in [0.15, 0.2) is 5.78 Å². The van der Waals surface area contributed by atoms with E-state index in [9.17, 15) is 4.79 Å². The number of hydrogen-bond donors (Lipinski definition) is 2. The molecule has 0 unspecified atom stereocenters. The van der Waals surface area contributed by atoms with Gasteiger partial charge >= 0.3 is 0 Å². The van der Waals surface area contributed by atoms with E-state index in [4.69, 9.17) is 5.73 Å². The molecular formula is C13H25N3O. The Morgan fingerprint density at radius 2 is 1.94 bits per heavy atom. The molecular weight excluding hydrogens is 214 g/mol. The van der Waals surface area contributed by atoms with E-state index in [1.54, 1.807) is 0 Å². The van der Waals surface area contributed by atoms with Crippen LogP contribution in [0.3, 0.4) is 0 Å². The number of piperazine rings is 1. The van der Waals surface area contributed by atoms with Crippen molar-refractivity contribution in [3.63, 3.8) is 0 Å². The molecule has 0 amide bonds. The Balaban J connectivity index is 1.85. The quantitative estimate of drug-likeness (QED) is 0.747. The van der Waals surface area contributed by atoms with Crippen LogP contribution in [0.4, 0.5) is 0 Å². The Bertz CT molecular complexity index is 266. The molecule has 0 bridgehead atoms. The van der Waals surface area contributed by atoms with Crippen molar-refractivity contribution < 1.29 is 4.79 Å². The molecule has 1 saturated carbocycles. The molecule has 0 aromatic rings. The zero-order valence-corrected chi connectivity index (χ0v) is 10.9. The van der Waals surface area contributed by atoms with Crippen LogP contribution in [0.25, 0.3) is 0 Å². The van der Waals surface area contributed by atoms with Crippen LogP contribution in [0.15, 0.2) is 0 Å². The molecule has 4 heteroatoms. The Labute approximate surface area is 104 Å². The summed E-state index contributed by atoms with van der Waals surface area (Å²) in [6.45, 7) is 6.72. The van der Waals surface area contributed by atoms with Gasteiger partial charge in [0.05, 0.1) is 12.1 Å². The summed E-state index contributed by atoms with van der Waals surface area (Å²) in [5.41, 5.74) is 5.76. The standard InChI is InChI=1S/C13H25N3O/c1-11-2-4-13(14,5-3-11)12(17)10-16-8-6-15-7-9-16/h11,15H,2-10,14H2,1H3. The van der Waals surface area contributed by atoms with Crippen LogP contribution >= 0.6 is 0 Å². The number of nitrogens with two attached hydrogens (primary N) is 1. The lowest BCUT2D eigenvalue weighted by atomic mass is 9.75. The molecule has 1 aliphatic heterocycles. The zero-order chi connectivity index (χ0) is 12.3. The van der Waals surface area contributed by atoms with Crippen molar-refractivity contribution in [1.29, 1.82) is 0 Å². The number of rotatable bonds is 3. The van der Waals surface area contributed by atoms with E-state index in [2.05, 4.69) is 17.1 Å². The van der Waals surface area contributed by atoms with E-state index in [0.717, 1.165) is 57.8 Å². The van der Waals surface area contributed by atoms with Crippen LogP contribution in [-0.4, -0.2) is 48.9 Å². The largest absolute Gasteiger partial charge is 0.319 e. The highest BCUT2D eigenvalue weighted by Gasteiger charge is 2.37. The SMILES string of the molecule is CC1CCC(N)(C(=O)CN2CCNCC2)CC1. The fourth-order valence-electron chi connectivity index (χ4n) is 2.79. The summed E-state index contributed by atoms with van der Waals surface area (Å²) in [7, 11) is 0. The molecule has 2 rings (SSSR count). The second-order valence-electron chi connectivity index (χ2n) is 5.79. The molecule has 0 radical (unpaired) electrons. The normalized spacial score (nSPS) is 35.8. The number of ketones is 1. The Kier molecular flexibility index (Phi) is 4.17. The van der Waals surface area contributed by atoms with Gasteiger partial charge in [0.1, 0.15) is 0 Å². The molecule has 2 fully saturated rings. The van der Waals surface area contributed by atoms with E-state index in [-0.39, 0.29) is 5.78 Å². The molecule has 0 atom stereocenters. The summed E-state index contributed by atoms with van der Waals surface area (Å²) in [6, 6.07) is 0. The lowest BCUT2D eigenvalue weighted by Gasteiger charge is -2.37. The van der Waals surface area contributed by atoms with Crippen molar-refractivity contribution in [2.24, 2.45) is 11.7 Å². The summed E-state index contributed by atoms with van der Waals surface area (Å²) in [4.78, 5) is 14.5. The molecule has 0 spiro atoms. The smallest absolute Gasteiger partial charge is 0.166 e. The maximum atomic E-state index is 12.3. The first-order valence-corrected chi connectivity index (χ1v) is 6.85. The Hall–Kier alpha value is -0.450. The fourth-order valence-corrected chi connectivity index (χ4v) is 2.79. The summed E-state index contributed by atoms with van der Waals surface area (Å²) >= 11 is 0. The second-order valence-corrected chi connectivity index (χ2v) is 5.79. The number of nitrogens with zero attached hydrogens (tertiary/aromatic N) is 1. The highest BCUT2D eigenvalue weighted by atomic mass is 16.1. The minimum absolute atomic E-state index is 0.256. The number of carbonyl (C=O) groups is 1. The third-order valence-corrected chi connectivity index (χ3v) is 4.30. The number of nitrogens with one attached hydrogen (secondary N) is 1. The average Bonchev–Trinajstić information content (AvgIpc) is 2.34. The predicted molar refractivity (Wildman–Crippen MR) is 68.9 cm³/mol. The molecule has 1 heterocycles.